The molecule has 7 nitrogen and oxygen atoms in total. The summed E-state index contributed by atoms with van der Waals surface area (Å²) in [7, 11) is 0. The lowest BCUT2D eigenvalue weighted by Gasteiger charge is -2.40. The van der Waals surface area contributed by atoms with Crippen molar-refractivity contribution in [1.29, 1.82) is 0 Å². The van der Waals surface area contributed by atoms with E-state index in [9.17, 15) is 15.3 Å². The number of aliphatic hydroxyl groups excluding tert-OH is 3. The smallest absolute Gasteiger partial charge is 0.134 e. The largest absolute Gasteiger partial charge is 0.394 e. The molecule has 1 fully saturated rings. The highest BCUT2D eigenvalue weighted by molar-refractivity contribution is 7.99. The van der Waals surface area contributed by atoms with Crippen molar-refractivity contribution >= 4 is 11.8 Å². The van der Waals surface area contributed by atoms with Gasteiger partial charge in [-0.15, -0.1) is 0 Å². The Morgan fingerprint density at radius 1 is 1.25 bits per heavy atom. The third-order valence-electron chi connectivity index (χ3n) is 3.03. The van der Waals surface area contributed by atoms with Gasteiger partial charge in [-0.1, -0.05) is 35.1 Å². The van der Waals surface area contributed by atoms with Gasteiger partial charge in [0.1, 0.15) is 17.6 Å². The van der Waals surface area contributed by atoms with Gasteiger partial charge in [0.25, 0.3) is 0 Å². The van der Waals surface area contributed by atoms with Crippen molar-refractivity contribution in [3.8, 4) is 0 Å². The molecule has 1 aromatic carbocycles. The standard InChI is InChI=1S/C12H15N3O4S/c13-15-14-9-10(17)8(6-16)19-12(11(9)18)20-7-4-2-1-3-5-7/h1-5,8-12,16-18H,6H2/t8?,9?,10-,11?,12-/m0/s1. The van der Waals surface area contributed by atoms with Crippen LogP contribution in [0.15, 0.2) is 40.3 Å². The third-order valence-corrected chi connectivity index (χ3v) is 4.20. The molecule has 0 aliphatic carbocycles. The first-order valence-electron chi connectivity index (χ1n) is 6.05. The molecule has 0 bridgehead atoms. The van der Waals surface area contributed by atoms with Crippen LogP contribution in [0.25, 0.3) is 10.4 Å². The molecule has 0 spiro atoms. The van der Waals surface area contributed by atoms with Crippen molar-refractivity contribution in [2.45, 2.75) is 34.7 Å². The van der Waals surface area contributed by atoms with Gasteiger partial charge in [0.15, 0.2) is 0 Å². The molecular formula is C12H15N3O4S. The van der Waals surface area contributed by atoms with Gasteiger partial charge < -0.3 is 20.1 Å². The number of hydrogen-bond acceptors (Lipinski definition) is 6. The fourth-order valence-corrected chi connectivity index (χ4v) is 3.08. The van der Waals surface area contributed by atoms with Crippen molar-refractivity contribution in [2.75, 3.05) is 6.61 Å². The van der Waals surface area contributed by atoms with Crippen LogP contribution in [0.4, 0.5) is 0 Å². The van der Waals surface area contributed by atoms with E-state index in [2.05, 4.69) is 10.0 Å². The predicted octanol–water partition coefficient (Wildman–Crippen LogP) is 0.897. The second kappa shape index (κ2) is 6.94. The molecule has 1 aromatic rings. The van der Waals surface area contributed by atoms with Gasteiger partial charge in [0, 0.05) is 9.81 Å². The van der Waals surface area contributed by atoms with Crippen molar-refractivity contribution in [2.24, 2.45) is 5.11 Å². The summed E-state index contributed by atoms with van der Waals surface area (Å²) in [6.07, 6.45) is -3.29. The average Bonchev–Trinajstić information content (AvgIpc) is 2.47. The van der Waals surface area contributed by atoms with Gasteiger partial charge in [-0.3, -0.25) is 0 Å². The zero-order chi connectivity index (χ0) is 14.5. The quantitative estimate of drug-likeness (QED) is 0.433. The summed E-state index contributed by atoms with van der Waals surface area (Å²) in [5, 5.41) is 32.7. The summed E-state index contributed by atoms with van der Waals surface area (Å²) in [6.45, 7) is -0.419. The zero-order valence-corrected chi connectivity index (χ0v) is 11.3. The second-order valence-corrected chi connectivity index (χ2v) is 5.50. The third kappa shape index (κ3) is 3.24. The van der Waals surface area contributed by atoms with Crippen molar-refractivity contribution in [1.82, 2.24) is 0 Å². The Hall–Kier alpha value is -1.28. The van der Waals surface area contributed by atoms with E-state index in [-0.39, 0.29) is 0 Å². The second-order valence-electron chi connectivity index (χ2n) is 4.33. The first-order chi connectivity index (χ1) is 9.67. The van der Waals surface area contributed by atoms with Crippen LogP contribution in [0, 0.1) is 0 Å². The van der Waals surface area contributed by atoms with Crippen molar-refractivity contribution in [3.63, 3.8) is 0 Å². The molecule has 0 saturated carbocycles. The van der Waals surface area contributed by atoms with Gasteiger partial charge in [-0.25, -0.2) is 0 Å². The van der Waals surface area contributed by atoms with E-state index in [1.54, 1.807) is 0 Å². The predicted molar refractivity (Wildman–Crippen MR) is 73.0 cm³/mol. The van der Waals surface area contributed by atoms with E-state index in [1.807, 2.05) is 30.3 Å². The Balaban J connectivity index is 2.17. The molecule has 0 aromatic heterocycles. The number of thioether (sulfide) groups is 1. The molecule has 20 heavy (non-hydrogen) atoms. The maximum atomic E-state index is 10.2. The molecule has 1 saturated heterocycles. The van der Waals surface area contributed by atoms with Gasteiger partial charge in [-0.05, 0) is 17.7 Å². The number of hydrogen-bond donors (Lipinski definition) is 3. The molecule has 8 heteroatoms. The molecule has 2 rings (SSSR count). The topological polar surface area (TPSA) is 119 Å². The number of benzene rings is 1. The van der Waals surface area contributed by atoms with Gasteiger partial charge >= 0.3 is 0 Å². The average molecular weight is 297 g/mol. The molecule has 5 atom stereocenters. The van der Waals surface area contributed by atoms with Crippen molar-refractivity contribution in [3.05, 3.63) is 40.8 Å². The SMILES string of the molecule is [N-]=[N+]=NC1C(O)[C@H](Sc2ccccc2)OC(CO)[C@@H]1O. The van der Waals surface area contributed by atoms with E-state index in [1.165, 1.54) is 11.8 Å². The molecule has 0 radical (unpaired) electrons. The van der Waals surface area contributed by atoms with Crippen LogP contribution in [0.1, 0.15) is 0 Å². The van der Waals surface area contributed by atoms with Gasteiger partial charge in [0.05, 0.1) is 18.8 Å². The lowest BCUT2D eigenvalue weighted by Crippen LogP contribution is -2.56. The van der Waals surface area contributed by atoms with E-state index in [4.69, 9.17) is 10.3 Å². The minimum Gasteiger partial charge on any atom is -0.394 e. The van der Waals surface area contributed by atoms with Crippen LogP contribution >= 0.6 is 11.8 Å². The molecule has 0 amide bonds. The molecule has 1 heterocycles. The monoisotopic (exact) mass is 297 g/mol. The van der Waals surface area contributed by atoms with E-state index >= 15 is 0 Å². The number of nitrogens with zero attached hydrogens (tertiary/aromatic N) is 3. The Morgan fingerprint density at radius 2 is 1.95 bits per heavy atom. The summed E-state index contributed by atoms with van der Waals surface area (Å²) in [5.41, 5.74) is 7.79. The van der Waals surface area contributed by atoms with Crippen LogP contribution in [0.3, 0.4) is 0 Å². The Morgan fingerprint density at radius 3 is 2.55 bits per heavy atom. The normalized spacial score (nSPS) is 33.5. The lowest BCUT2D eigenvalue weighted by molar-refractivity contribution is -0.159. The van der Waals surface area contributed by atoms with E-state index in [0.29, 0.717) is 0 Å². The molecule has 1 aliphatic heterocycles. The highest BCUT2D eigenvalue weighted by atomic mass is 32.2. The summed E-state index contributed by atoms with van der Waals surface area (Å²) in [4.78, 5) is 3.49. The molecule has 3 N–H and O–H groups in total. The summed E-state index contributed by atoms with van der Waals surface area (Å²) in [5.74, 6) is 0. The van der Waals surface area contributed by atoms with E-state index in [0.717, 1.165) is 4.90 Å². The fraction of sp³-hybridized carbons (Fsp3) is 0.500. The van der Waals surface area contributed by atoms with Crippen LogP contribution in [-0.4, -0.2) is 51.7 Å². The molecular weight excluding hydrogens is 282 g/mol. The lowest BCUT2D eigenvalue weighted by atomic mass is 9.98. The highest BCUT2D eigenvalue weighted by Crippen LogP contribution is 2.34. The Bertz CT molecular complexity index is 483. The summed E-state index contributed by atoms with van der Waals surface area (Å²) in [6, 6.07) is 8.21. The van der Waals surface area contributed by atoms with Gasteiger partial charge in [-0.2, -0.15) is 0 Å². The summed E-state index contributed by atoms with van der Waals surface area (Å²) < 4.78 is 5.47. The first-order valence-corrected chi connectivity index (χ1v) is 6.93. The molecule has 1 aliphatic rings. The van der Waals surface area contributed by atoms with Crippen molar-refractivity contribution < 1.29 is 20.1 Å². The van der Waals surface area contributed by atoms with Crippen LogP contribution < -0.4 is 0 Å². The Labute approximate surface area is 119 Å². The highest BCUT2D eigenvalue weighted by Gasteiger charge is 2.44. The van der Waals surface area contributed by atoms with E-state index < -0.39 is 36.4 Å². The van der Waals surface area contributed by atoms with Crippen LogP contribution in [0.2, 0.25) is 0 Å². The summed E-state index contributed by atoms with van der Waals surface area (Å²) >= 11 is 1.25. The minimum atomic E-state index is -1.24. The molecule has 108 valence electrons. The van der Waals surface area contributed by atoms with Crippen LogP contribution in [-0.2, 0) is 4.74 Å². The number of aliphatic hydroxyl groups is 3. The van der Waals surface area contributed by atoms with Crippen LogP contribution in [0.5, 0.6) is 0 Å². The molecule has 3 unspecified atom stereocenters. The Kier molecular flexibility index (Phi) is 5.24. The zero-order valence-electron chi connectivity index (χ0n) is 10.5. The number of azide groups is 1. The maximum Gasteiger partial charge on any atom is 0.134 e. The number of rotatable bonds is 4. The first kappa shape index (κ1) is 15.1. The van der Waals surface area contributed by atoms with Gasteiger partial charge in [0.2, 0.25) is 0 Å². The fourth-order valence-electron chi connectivity index (χ4n) is 1.99. The number of ether oxygens (including phenoxy) is 1. The maximum absolute atomic E-state index is 10.2. The minimum absolute atomic E-state index is 0.419.